The summed E-state index contributed by atoms with van der Waals surface area (Å²) in [7, 11) is 0. The Morgan fingerprint density at radius 3 is 0.435 bits per heavy atom. The second-order valence-electron chi connectivity index (χ2n) is 10.3. The predicted octanol–water partition coefficient (Wildman–Crippen LogP) is 5.54. The molecule has 0 heterocycles. The fraction of sp³-hybridized carbons (Fsp3) is 0.250. The van der Waals surface area contributed by atoms with Crippen LogP contribution in [0.1, 0.15) is 93.0 Å². The molecule has 5 rings (SSSR count). The maximum atomic E-state index is 10.7. The summed E-state index contributed by atoms with van der Waals surface area (Å²) in [5.41, 5.74) is 4.29. The van der Waals surface area contributed by atoms with Gasteiger partial charge in [0.1, 0.15) is 0 Å². The van der Waals surface area contributed by atoms with Gasteiger partial charge >= 0.3 is 22.4 Å². The molecule has 0 saturated heterocycles. The summed E-state index contributed by atoms with van der Waals surface area (Å²) in [5.74, 6) is 0. The van der Waals surface area contributed by atoms with Crippen molar-refractivity contribution in [1.82, 2.24) is 0 Å². The van der Waals surface area contributed by atoms with Crippen molar-refractivity contribution in [3.63, 3.8) is 0 Å². The topological polar surface area (TPSA) is 115 Å². The number of hydrogen-bond acceptors (Lipinski definition) is 5. The van der Waals surface area contributed by atoms with Crippen LogP contribution in [0.15, 0.2) is 152 Å². The number of hydrogen-bond donors (Lipinski definition) is 0. The van der Waals surface area contributed by atoms with Crippen molar-refractivity contribution in [2.24, 2.45) is 0 Å². The third-order valence-electron chi connectivity index (χ3n) is 6.34. The number of benzene rings is 5. The van der Waals surface area contributed by atoms with Gasteiger partial charge in [-0.25, -0.2) is 0 Å². The summed E-state index contributed by atoms with van der Waals surface area (Å²) in [6.07, 6.45) is -2.96. The van der Waals surface area contributed by atoms with E-state index in [-0.39, 0.29) is 22.4 Å². The molecule has 46 heavy (non-hydrogen) atoms. The van der Waals surface area contributed by atoms with Crippen molar-refractivity contribution >= 4 is 0 Å². The van der Waals surface area contributed by atoms with Gasteiger partial charge in [0.05, 0.1) is 0 Å². The SMILES string of the molecule is CC([O-])c1ccccc1.CC([O-])c1ccccc1.CC([O-])c1ccccc1.CC([O-])c1ccccc1.CC([O-])c1ccccc1.[Ta+5]. The van der Waals surface area contributed by atoms with Gasteiger partial charge in [-0.1, -0.05) is 214 Å². The average Bonchev–Trinajstić information content (AvgIpc) is 3.08. The van der Waals surface area contributed by atoms with E-state index < -0.39 is 30.5 Å². The molecule has 0 aliphatic rings. The van der Waals surface area contributed by atoms with Crippen LogP contribution in [0.2, 0.25) is 0 Å². The first-order chi connectivity index (χ1) is 21.5. The molecular weight excluding hydrogens is 741 g/mol. The van der Waals surface area contributed by atoms with Gasteiger partial charge < -0.3 is 25.5 Å². The van der Waals surface area contributed by atoms with Gasteiger partial charge in [0.2, 0.25) is 0 Å². The van der Waals surface area contributed by atoms with Gasteiger partial charge in [0.25, 0.3) is 0 Å². The predicted molar refractivity (Wildman–Crippen MR) is 174 cm³/mol. The summed E-state index contributed by atoms with van der Waals surface area (Å²) in [4.78, 5) is 0. The van der Waals surface area contributed by atoms with Crippen molar-refractivity contribution in [1.29, 1.82) is 0 Å². The molecule has 5 unspecified atom stereocenters. The Balaban J connectivity index is 0.000000547. The zero-order valence-corrected chi connectivity index (χ0v) is 30.5. The Morgan fingerprint density at radius 2 is 0.370 bits per heavy atom. The molecule has 0 radical (unpaired) electrons. The van der Waals surface area contributed by atoms with Gasteiger partial charge in [-0.15, -0.1) is 30.5 Å². The first kappa shape index (κ1) is 42.6. The molecule has 0 aliphatic heterocycles. The third kappa shape index (κ3) is 19.9. The first-order valence-corrected chi connectivity index (χ1v) is 15.1. The quantitative estimate of drug-likeness (QED) is 0.232. The van der Waals surface area contributed by atoms with Crippen molar-refractivity contribution in [3.05, 3.63) is 179 Å². The van der Waals surface area contributed by atoms with E-state index in [9.17, 15) is 25.5 Å². The summed E-state index contributed by atoms with van der Waals surface area (Å²) in [5, 5.41) is 53.6. The van der Waals surface area contributed by atoms with E-state index >= 15 is 0 Å². The van der Waals surface area contributed by atoms with Crippen molar-refractivity contribution in [2.75, 3.05) is 0 Å². The Morgan fingerprint density at radius 1 is 0.261 bits per heavy atom. The molecule has 0 aliphatic carbocycles. The smallest absolute Gasteiger partial charge is 0.849 e. The summed E-state index contributed by atoms with van der Waals surface area (Å²) in [6, 6.07) is 46.8. The van der Waals surface area contributed by atoms with E-state index in [4.69, 9.17) is 0 Å². The van der Waals surface area contributed by atoms with Gasteiger partial charge in [0, 0.05) is 0 Å². The van der Waals surface area contributed by atoms with E-state index in [2.05, 4.69) is 0 Å². The molecule has 0 saturated carbocycles. The minimum atomic E-state index is -0.591. The molecule has 5 nitrogen and oxygen atoms in total. The van der Waals surface area contributed by atoms with Crippen LogP contribution in [0.3, 0.4) is 0 Å². The molecule has 6 heteroatoms. The Hall–Kier alpha value is -3.36. The second-order valence-corrected chi connectivity index (χ2v) is 10.3. The zero-order chi connectivity index (χ0) is 33.5. The largest absolute Gasteiger partial charge is 5.00 e. The molecule has 5 aromatic rings. The maximum Gasteiger partial charge on any atom is 5.00 e. The fourth-order valence-corrected chi connectivity index (χ4v) is 3.62. The molecule has 0 spiro atoms. The molecule has 5 aromatic carbocycles. The van der Waals surface area contributed by atoms with Gasteiger partial charge in [-0.3, -0.25) is 0 Å². The first-order valence-electron chi connectivity index (χ1n) is 15.1. The molecule has 0 bridgehead atoms. The van der Waals surface area contributed by atoms with E-state index in [1.54, 1.807) is 34.6 Å². The normalized spacial score (nSPS) is 12.8. The van der Waals surface area contributed by atoms with Crippen LogP contribution in [-0.2, 0) is 22.4 Å². The van der Waals surface area contributed by atoms with Gasteiger partial charge in [-0.05, 0) is 0 Å². The van der Waals surface area contributed by atoms with Crippen LogP contribution < -0.4 is 25.5 Å². The van der Waals surface area contributed by atoms with Crippen LogP contribution in [0, 0.1) is 0 Å². The minimum absolute atomic E-state index is 0. The number of rotatable bonds is 5. The monoisotopic (exact) mass is 786 g/mol. The fourth-order valence-electron chi connectivity index (χ4n) is 3.62. The summed E-state index contributed by atoms with van der Waals surface area (Å²) < 4.78 is 0. The van der Waals surface area contributed by atoms with Crippen molar-refractivity contribution in [2.45, 2.75) is 65.1 Å². The molecule has 0 aromatic heterocycles. The van der Waals surface area contributed by atoms with E-state index in [0.29, 0.717) is 0 Å². The second kappa shape index (κ2) is 25.8. The van der Waals surface area contributed by atoms with Crippen molar-refractivity contribution < 1.29 is 47.9 Å². The van der Waals surface area contributed by atoms with Crippen LogP contribution >= 0.6 is 0 Å². The maximum absolute atomic E-state index is 10.7. The van der Waals surface area contributed by atoms with Crippen LogP contribution in [0.5, 0.6) is 0 Å². The van der Waals surface area contributed by atoms with E-state index in [0.717, 1.165) is 27.8 Å². The van der Waals surface area contributed by atoms with Gasteiger partial charge in [-0.2, -0.15) is 0 Å². The molecular formula is C40H45O5Ta. The molecule has 0 N–H and O–H groups in total. The van der Waals surface area contributed by atoms with Crippen LogP contribution in [0.25, 0.3) is 0 Å². The summed E-state index contributed by atoms with van der Waals surface area (Å²) in [6.45, 7) is 8.24. The third-order valence-corrected chi connectivity index (χ3v) is 6.34. The zero-order valence-electron chi connectivity index (χ0n) is 27.3. The Labute approximate surface area is 291 Å². The van der Waals surface area contributed by atoms with Crippen LogP contribution in [0.4, 0.5) is 0 Å². The average molecular weight is 787 g/mol. The van der Waals surface area contributed by atoms with Crippen LogP contribution in [-0.4, -0.2) is 0 Å². The van der Waals surface area contributed by atoms with E-state index in [1.807, 2.05) is 152 Å². The van der Waals surface area contributed by atoms with E-state index in [1.165, 1.54) is 0 Å². The molecule has 0 amide bonds. The van der Waals surface area contributed by atoms with Gasteiger partial charge in [0.15, 0.2) is 0 Å². The minimum Gasteiger partial charge on any atom is -0.849 e. The Bertz CT molecular complexity index is 1100. The molecule has 5 atom stereocenters. The van der Waals surface area contributed by atoms with Crippen molar-refractivity contribution in [3.8, 4) is 0 Å². The standard InChI is InChI=1S/5C8H9O.Ta/c5*1-7(9)8-5-3-2-4-6-8;/h5*2-7H,1H3;/q5*-1;+5. The summed E-state index contributed by atoms with van der Waals surface area (Å²) >= 11 is 0. The molecule has 240 valence electrons. The molecule has 0 fully saturated rings. The Kier molecular flexibility index (Phi) is 23.9.